The van der Waals surface area contributed by atoms with Gasteiger partial charge in [-0.05, 0) is 62.1 Å². The van der Waals surface area contributed by atoms with Crippen LogP contribution >= 0.6 is 0 Å². The van der Waals surface area contributed by atoms with Crippen molar-refractivity contribution in [1.29, 1.82) is 0 Å². The van der Waals surface area contributed by atoms with Gasteiger partial charge in [-0.25, -0.2) is 0 Å². The Balaban J connectivity index is 2.70. The largest absolute Gasteiger partial charge is 0.306 e. The molecule has 102 valence electrons. The summed E-state index contributed by atoms with van der Waals surface area (Å²) in [5, 5.41) is 0. The third-order valence-corrected chi connectivity index (χ3v) is 4.28. The highest BCUT2D eigenvalue weighted by molar-refractivity contribution is 4.86. The smallest absolute Gasteiger partial charge is 0.00190 e. The summed E-state index contributed by atoms with van der Waals surface area (Å²) >= 11 is 0. The fourth-order valence-electron chi connectivity index (χ4n) is 3.27. The highest BCUT2D eigenvalue weighted by atomic mass is 15.1. The zero-order valence-corrected chi connectivity index (χ0v) is 13.1. The monoisotopic (exact) mass is 239 g/mol. The van der Waals surface area contributed by atoms with Crippen LogP contribution in [0.4, 0.5) is 0 Å². The summed E-state index contributed by atoms with van der Waals surface area (Å²) in [6.45, 7) is 17.1. The molecular formula is C16H33N. The van der Waals surface area contributed by atoms with Crippen molar-refractivity contribution in [1.82, 2.24) is 4.90 Å². The zero-order chi connectivity index (χ0) is 13.3. The van der Waals surface area contributed by atoms with E-state index in [2.05, 4.69) is 53.5 Å². The lowest BCUT2D eigenvalue weighted by Crippen LogP contribution is -2.39. The van der Waals surface area contributed by atoms with E-state index in [9.17, 15) is 0 Å². The molecule has 0 bridgehead atoms. The van der Waals surface area contributed by atoms with Gasteiger partial charge in [-0.2, -0.15) is 0 Å². The Morgan fingerprint density at radius 2 is 1.47 bits per heavy atom. The van der Waals surface area contributed by atoms with E-state index < -0.39 is 0 Å². The summed E-state index contributed by atoms with van der Waals surface area (Å²) in [6.07, 6.45) is 4.16. The van der Waals surface area contributed by atoms with Crippen LogP contribution in [0.3, 0.4) is 0 Å². The highest BCUT2D eigenvalue weighted by Crippen LogP contribution is 2.43. The molecule has 1 aliphatic heterocycles. The van der Waals surface area contributed by atoms with Crippen LogP contribution in [-0.2, 0) is 0 Å². The number of piperidine rings is 1. The third-order valence-electron chi connectivity index (χ3n) is 4.28. The van der Waals surface area contributed by atoms with Crippen molar-refractivity contribution in [2.24, 2.45) is 22.7 Å². The molecular weight excluding hydrogens is 206 g/mol. The molecule has 1 unspecified atom stereocenters. The maximum Gasteiger partial charge on any atom is -0.00190 e. The molecule has 0 aromatic heterocycles. The Kier molecular flexibility index (Phi) is 4.68. The fraction of sp³-hybridized carbons (Fsp3) is 1.00. The summed E-state index contributed by atoms with van der Waals surface area (Å²) < 4.78 is 0. The molecule has 1 fully saturated rings. The van der Waals surface area contributed by atoms with Crippen LogP contribution in [0.2, 0.25) is 0 Å². The molecule has 1 rings (SSSR count). The predicted molar refractivity (Wildman–Crippen MR) is 77.2 cm³/mol. The van der Waals surface area contributed by atoms with Gasteiger partial charge in [0.05, 0.1) is 0 Å². The third kappa shape index (κ3) is 4.99. The van der Waals surface area contributed by atoms with Crippen LogP contribution in [0.1, 0.15) is 60.8 Å². The number of likely N-dealkylation sites (tertiary alicyclic amines) is 1. The van der Waals surface area contributed by atoms with Gasteiger partial charge in [0.2, 0.25) is 0 Å². The quantitative estimate of drug-likeness (QED) is 0.689. The number of nitrogens with zero attached hydrogens (tertiary/aromatic N) is 1. The molecule has 0 radical (unpaired) electrons. The van der Waals surface area contributed by atoms with E-state index in [1.165, 1.54) is 32.4 Å². The Morgan fingerprint density at radius 3 is 1.82 bits per heavy atom. The second-order valence-electron chi connectivity index (χ2n) is 8.38. The van der Waals surface area contributed by atoms with E-state index in [0.717, 1.165) is 11.8 Å². The summed E-state index contributed by atoms with van der Waals surface area (Å²) in [5.74, 6) is 1.81. The van der Waals surface area contributed by atoms with Gasteiger partial charge in [0.1, 0.15) is 0 Å². The molecule has 1 atom stereocenters. The van der Waals surface area contributed by atoms with Crippen LogP contribution in [0.5, 0.6) is 0 Å². The summed E-state index contributed by atoms with van der Waals surface area (Å²) in [7, 11) is 2.26. The summed E-state index contributed by atoms with van der Waals surface area (Å²) in [4.78, 5) is 2.48. The average molecular weight is 239 g/mol. The van der Waals surface area contributed by atoms with Gasteiger partial charge in [0.25, 0.3) is 0 Å². The van der Waals surface area contributed by atoms with Crippen LogP contribution in [-0.4, -0.2) is 25.0 Å². The maximum atomic E-state index is 2.48. The first kappa shape index (κ1) is 15.0. The van der Waals surface area contributed by atoms with E-state index in [1.807, 2.05) is 0 Å². The lowest BCUT2D eigenvalue weighted by atomic mass is 9.64. The van der Waals surface area contributed by atoms with E-state index in [1.54, 1.807) is 0 Å². The Hall–Kier alpha value is -0.0400. The average Bonchev–Trinajstić information content (AvgIpc) is 2.13. The topological polar surface area (TPSA) is 3.24 Å². The van der Waals surface area contributed by atoms with Crippen molar-refractivity contribution in [3.63, 3.8) is 0 Å². The summed E-state index contributed by atoms with van der Waals surface area (Å²) in [6, 6.07) is 0. The van der Waals surface area contributed by atoms with E-state index in [0.29, 0.717) is 10.8 Å². The predicted octanol–water partition coefficient (Wildman–Crippen LogP) is 4.43. The first-order valence-electron chi connectivity index (χ1n) is 7.28. The van der Waals surface area contributed by atoms with E-state index >= 15 is 0 Å². The molecule has 0 spiro atoms. The van der Waals surface area contributed by atoms with Gasteiger partial charge in [0, 0.05) is 0 Å². The van der Waals surface area contributed by atoms with Crippen molar-refractivity contribution in [3.8, 4) is 0 Å². The second kappa shape index (κ2) is 5.30. The lowest BCUT2D eigenvalue weighted by molar-refractivity contribution is 0.0624. The van der Waals surface area contributed by atoms with Gasteiger partial charge in [0.15, 0.2) is 0 Å². The lowest BCUT2D eigenvalue weighted by Gasteiger charge is -2.43. The van der Waals surface area contributed by atoms with E-state index in [4.69, 9.17) is 0 Å². The van der Waals surface area contributed by atoms with Crippen LogP contribution in [0, 0.1) is 22.7 Å². The molecule has 17 heavy (non-hydrogen) atoms. The zero-order valence-electron chi connectivity index (χ0n) is 13.1. The Bertz CT molecular complexity index is 223. The van der Waals surface area contributed by atoms with Crippen molar-refractivity contribution >= 4 is 0 Å². The number of rotatable bonds is 2. The van der Waals surface area contributed by atoms with Crippen LogP contribution in [0.15, 0.2) is 0 Å². The molecule has 1 aliphatic rings. The molecule has 1 saturated heterocycles. The van der Waals surface area contributed by atoms with Gasteiger partial charge in [-0.3, -0.25) is 0 Å². The SMILES string of the molecule is CN1CCC(C(CC(C)(C)C)C(C)(C)C)CC1. The summed E-state index contributed by atoms with van der Waals surface area (Å²) in [5.41, 5.74) is 0.912. The first-order valence-corrected chi connectivity index (χ1v) is 7.28. The second-order valence-corrected chi connectivity index (χ2v) is 8.38. The standard InChI is InChI=1S/C16H33N/c1-15(2,3)12-14(16(4,5)6)13-8-10-17(7)11-9-13/h13-14H,8-12H2,1-7H3. The molecule has 1 heteroatoms. The van der Waals surface area contributed by atoms with E-state index in [-0.39, 0.29) is 0 Å². The van der Waals surface area contributed by atoms with Crippen molar-refractivity contribution in [3.05, 3.63) is 0 Å². The minimum Gasteiger partial charge on any atom is -0.306 e. The fourth-order valence-corrected chi connectivity index (χ4v) is 3.27. The minimum absolute atomic E-state index is 0.452. The normalized spacial score (nSPS) is 22.8. The molecule has 0 amide bonds. The number of hydrogen-bond acceptors (Lipinski definition) is 1. The molecule has 0 aromatic rings. The minimum atomic E-state index is 0.452. The Morgan fingerprint density at radius 1 is 1.00 bits per heavy atom. The number of hydrogen-bond donors (Lipinski definition) is 0. The molecule has 1 heterocycles. The van der Waals surface area contributed by atoms with Crippen molar-refractivity contribution in [2.45, 2.75) is 60.8 Å². The highest BCUT2D eigenvalue weighted by Gasteiger charge is 2.36. The molecule has 0 N–H and O–H groups in total. The van der Waals surface area contributed by atoms with Gasteiger partial charge < -0.3 is 4.90 Å². The maximum absolute atomic E-state index is 2.48. The Labute approximate surface area is 109 Å². The van der Waals surface area contributed by atoms with Crippen LogP contribution < -0.4 is 0 Å². The van der Waals surface area contributed by atoms with Gasteiger partial charge in [-0.1, -0.05) is 41.5 Å². The molecule has 0 saturated carbocycles. The van der Waals surface area contributed by atoms with Crippen molar-refractivity contribution in [2.75, 3.05) is 20.1 Å². The van der Waals surface area contributed by atoms with Crippen LogP contribution in [0.25, 0.3) is 0 Å². The van der Waals surface area contributed by atoms with Gasteiger partial charge in [-0.15, -0.1) is 0 Å². The van der Waals surface area contributed by atoms with Gasteiger partial charge >= 0.3 is 0 Å². The molecule has 0 aliphatic carbocycles. The molecule has 1 nitrogen and oxygen atoms in total. The first-order chi connectivity index (χ1) is 7.59. The van der Waals surface area contributed by atoms with Crippen molar-refractivity contribution < 1.29 is 0 Å². The molecule has 0 aromatic carbocycles.